The number of hydrogen-bond donors (Lipinski definition) is 2. The lowest BCUT2D eigenvalue weighted by molar-refractivity contribution is 0.157. The molecular formula is C17H27N3O. The molecule has 1 aliphatic rings. The maximum atomic E-state index is 8.74. The Bertz CT molecular complexity index is 513. The van der Waals surface area contributed by atoms with E-state index in [0.717, 1.165) is 18.0 Å². The average molecular weight is 289 g/mol. The lowest BCUT2D eigenvalue weighted by atomic mass is 9.86. The molecule has 0 radical (unpaired) electrons. The molecule has 1 aromatic carbocycles. The molecule has 2 atom stereocenters. The van der Waals surface area contributed by atoms with Gasteiger partial charge in [0.2, 0.25) is 0 Å². The summed E-state index contributed by atoms with van der Waals surface area (Å²) in [6.07, 6.45) is 5.33. The van der Waals surface area contributed by atoms with Gasteiger partial charge >= 0.3 is 0 Å². The van der Waals surface area contributed by atoms with Gasteiger partial charge in [-0.25, -0.2) is 0 Å². The van der Waals surface area contributed by atoms with Crippen LogP contribution in [0.4, 0.5) is 0 Å². The van der Waals surface area contributed by atoms with Gasteiger partial charge in [0.05, 0.1) is 0 Å². The van der Waals surface area contributed by atoms with Crippen LogP contribution in [0.1, 0.15) is 49.3 Å². The van der Waals surface area contributed by atoms with Crippen molar-refractivity contribution >= 4 is 5.84 Å². The number of nitrogens with zero attached hydrogens (tertiary/aromatic N) is 2. The third-order valence-electron chi connectivity index (χ3n) is 4.70. The molecule has 1 aromatic rings. The third kappa shape index (κ3) is 3.97. The second-order valence-electron chi connectivity index (χ2n) is 6.47. The molecule has 0 aromatic heterocycles. The van der Waals surface area contributed by atoms with Crippen LogP contribution in [0.5, 0.6) is 0 Å². The minimum absolute atomic E-state index is 0.166. The van der Waals surface area contributed by atoms with Crippen LogP contribution in [0.3, 0.4) is 0 Å². The average Bonchev–Trinajstić information content (AvgIpc) is 2.48. The van der Waals surface area contributed by atoms with Crippen LogP contribution in [0.25, 0.3) is 0 Å². The highest BCUT2D eigenvalue weighted by Crippen LogP contribution is 2.27. The van der Waals surface area contributed by atoms with Gasteiger partial charge in [0.15, 0.2) is 5.84 Å². The molecule has 3 N–H and O–H groups in total. The Morgan fingerprint density at radius 2 is 2.19 bits per heavy atom. The highest BCUT2D eigenvalue weighted by molar-refractivity contribution is 5.97. The van der Waals surface area contributed by atoms with Crippen LogP contribution in [0.2, 0.25) is 0 Å². The van der Waals surface area contributed by atoms with Crippen molar-refractivity contribution in [3.63, 3.8) is 0 Å². The van der Waals surface area contributed by atoms with Crippen molar-refractivity contribution in [2.75, 3.05) is 7.05 Å². The van der Waals surface area contributed by atoms with Gasteiger partial charge in [-0.1, -0.05) is 37.1 Å². The molecule has 1 fully saturated rings. The Balaban J connectivity index is 2.05. The molecule has 2 rings (SSSR count). The summed E-state index contributed by atoms with van der Waals surface area (Å²) in [4.78, 5) is 2.47. The van der Waals surface area contributed by atoms with E-state index in [0.29, 0.717) is 6.04 Å². The summed E-state index contributed by atoms with van der Waals surface area (Å²) >= 11 is 0. The molecule has 0 heterocycles. The fourth-order valence-corrected chi connectivity index (χ4v) is 3.29. The fourth-order valence-electron chi connectivity index (χ4n) is 3.29. The normalized spacial score (nSPS) is 23.5. The van der Waals surface area contributed by atoms with E-state index in [9.17, 15) is 0 Å². The first-order chi connectivity index (χ1) is 10.0. The van der Waals surface area contributed by atoms with Crippen molar-refractivity contribution in [3.8, 4) is 0 Å². The van der Waals surface area contributed by atoms with Gasteiger partial charge in [-0.05, 0) is 49.9 Å². The quantitative estimate of drug-likeness (QED) is 0.387. The molecule has 0 saturated heterocycles. The Labute approximate surface area is 127 Å². The first-order valence-electron chi connectivity index (χ1n) is 7.79. The van der Waals surface area contributed by atoms with Gasteiger partial charge in [-0.3, -0.25) is 4.90 Å². The smallest absolute Gasteiger partial charge is 0.170 e. The van der Waals surface area contributed by atoms with Gasteiger partial charge in [0.1, 0.15) is 0 Å². The summed E-state index contributed by atoms with van der Waals surface area (Å²) in [6, 6.07) is 6.69. The van der Waals surface area contributed by atoms with Gasteiger partial charge in [-0.15, -0.1) is 0 Å². The topological polar surface area (TPSA) is 61.9 Å². The van der Waals surface area contributed by atoms with Crippen LogP contribution in [-0.4, -0.2) is 29.0 Å². The number of amidine groups is 1. The summed E-state index contributed by atoms with van der Waals surface area (Å²) in [5.74, 6) is 1.01. The summed E-state index contributed by atoms with van der Waals surface area (Å²) in [5.41, 5.74) is 8.91. The van der Waals surface area contributed by atoms with Crippen LogP contribution in [-0.2, 0) is 6.54 Å². The van der Waals surface area contributed by atoms with Crippen molar-refractivity contribution in [1.82, 2.24) is 4.90 Å². The van der Waals surface area contributed by atoms with Gasteiger partial charge < -0.3 is 10.9 Å². The SMILES string of the molecule is Cc1cc(/C(N)=N/O)ccc1CN(C)C1CCCC(C)C1. The lowest BCUT2D eigenvalue weighted by Crippen LogP contribution is -2.35. The molecule has 1 aliphatic carbocycles. The monoisotopic (exact) mass is 289 g/mol. The number of oxime groups is 1. The van der Waals surface area contributed by atoms with Crippen LogP contribution < -0.4 is 5.73 Å². The zero-order valence-electron chi connectivity index (χ0n) is 13.3. The summed E-state index contributed by atoms with van der Waals surface area (Å²) < 4.78 is 0. The Morgan fingerprint density at radius 1 is 1.43 bits per heavy atom. The highest BCUT2D eigenvalue weighted by atomic mass is 16.4. The molecule has 2 unspecified atom stereocenters. The number of nitrogens with two attached hydrogens (primary N) is 1. The molecule has 4 heteroatoms. The molecule has 116 valence electrons. The summed E-state index contributed by atoms with van der Waals surface area (Å²) in [5, 5.41) is 11.8. The standard InChI is InChI=1S/C17H27N3O/c1-12-5-4-6-16(9-12)20(3)11-15-8-7-14(10-13(15)2)17(18)19-21/h7-8,10,12,16,21H,4-6,9,11H2,1-3H3,(H2,18,19). The van der Waals surface area contributed by atoms with Crippen LogP contribution in [0.15, 0.2) is 23.4 Å². The zero-order chi connectivity index (χ0) is 15.4. The van der Waals surface area contributed by atoms with Crippen molar-refractivity contribution < 1.29 is 5.21 Å². The largest absolute Gasteiger partial charge is 0.409 e. The van der Waals surface area contributed by atoms with E-state index in [4.69, 9.17) is 10.9 Å². The van der Waals surface area contributed by atoms with E-state index in [1.807, 2.05) is 12.1 Å². The van der Waals surface area contributed by atoms with Crippen LogP contribution in [0, 0.1) is 12.8 Å². The Hall–Kier alpha value is -1.55. The second-order valence-corrected chi connectivity index (χ2v) is 6.47. The van der Waals surface area contributed by atoms with E-state index >= 15 is 0 Å². The summed E-state index contributed by atoms with van der Waals surface area (Å²) in [7, 11) is 2.22. The second kappa shape index (κ2) is 6.94. The van der Waals surface area contributed by atoms with Gasteiger partial charge in [0, 0.05) is 18.2 Å². The zero-order valence-corrected chi connectivity index (χ0v) is 13.3. The summed E-state index contributed by atoms with van der Waals surface area (Å²) in [6.45, 7) is 5.40. The van der Waals surface area contributed by atoms with Crippen molar-refractivity contribution in [1.29, 1.82) is 0 Å². The van der Waals surface area contributed by atoms with E-state index in [1.54, 1.807) is 0 Å². The van der Waals surface area contributed by atoms with E-state index in [-0.39, 0.29) is 5.84 Å². The molecule has 0 bridgehead atoms. The first kappa shape index (κ1) is 15.8. The van der Waals surface area contributed by atoms with Crippen molar-refractivity contribution in [2.24, 2.45) is 16.8 Å². The molecule has 21 heavy (non-hydrogen) atoms. The number of hydrogen-bond acceptors (Lipinski definition) is 3. The van der Waals surface area contributed by atoms with Crippen LogP contribution >= 0.6 is 0 Å². The number of aryl methyl sites for hydroxylation is 1. The highest BCUT2D eigenvalue weighted by Gasteiger charge is 2.22. The molecular weight excluding hydrogens is 262 g/mol. The Kier molecular flexibility index (Phi) is 5.23. The number of benzene rings is 1. The minimum Gasteiger partial charge on any atom is -0.409 e. The third-order valence-corrected chi connectivity index (χ3v) is 4.70. The van der Waals surface area contributed by atoms with Gasteiger partial charge in [-0.2, -0.15) is 0 Å². The van der Waals surface area contributed by atoms with Crippen molar-refractivity contribution in [2.45, 2.75) is 52.1 Å². The van der Waals surface area contributed by atoms with E-state index < -0.39 is 0 Å². The molecule has 1 saturated carbocycles. The molecule has 0 amide bonds. The predicted octanol–water partition coefficient (Wildman–Crippen LogP) is 3.10. The van der Waals surface area contributed by atoms with Gasteiger partial charge in [0.25, 0.3) is 0 Å². The maximum absolute atomic E-state index is 8.74. The molecule has 4 nitrogen and oxygen atoms in total. The predicted molar refractivity (Wildman–Crippen MR) is 86.6 cm³/mol. The molecule has 0 aliphatic heterocycles. The van der Waals surface area contributed by atoms with E-state index in [1.165, 1.54) is 36.8 Å². The lowest BCUT2D eigenvalue weighted by Gasteiger charge is -2.34. The fraction of sp³-hybridized carbons (Fsp3) is 0.588. The van der Waals surface area contributed by atoms with E-state index in [2.05, 4.69) is 37.0 Å². The first-order valence-corrected chi connectivity index (χ1v) is 7.79. The minimum atomic E-state index is 0.166. The van der Waals surface area contributed by atoms with Crippen molar-refractivity contribution in [3.05, 3.63) is 34.9 Å². The molecule has 0 spiro atoms. The Morgan fingerprint density at radius 3 is 2.81 bits per heavy atom. The number of rotatable bonds is 4. The maximum Gasteiger partial charge on any atom is 0.170 e.